The van der Waals surface area contributed by atoms with Crippen LogP contribution in [0, 0.1) is 0 Å². The van der Waals surface area contributed by atoms with Crippen molar-refractivity contribution in [3.05, 3.63) is 64.7 Å². The van der Waals surface area contributed by atoms with Gasteiger partial charge in [0, 0.05) is 0 Å². The van der Waals surface area contributed by atoms with Crippen LogP contribution in [-0.4, -0.2) is 31.6 Å². The Morgan fingerprint density at radius 3 is 2.82 bits per heavy atom. The van der Waals surface area contributed by atoms with E-state index in [-0.39, 0.29) is 11.6 Å². The summed E-state index contributed by atoms with van der Waals surface area (Å²) in [6.45, 7) is 5.33. The molecule has 4 rings (SSSR count). The average molecular weight is 379 g/mol. The van der Waals surface area contributed by atoms with Crippen LogP contribution in [0.1, 0.15) is 38.0 Å². The average Bonchev–Trinajstić information content (AvgIpc) is 3.39. The fraction of sp³-hybridized carbons (Fsp3) is 0.300. The van der Waals surface area contributed by atoms with Crippen LogP contribution >= 0.6 is 0 Å². The number of aromatic nitrogens is 4. The minimum absolute atomic E-state index is 0.129. The van der Waals surface area contributed by atoms with E-state index in [0.29, 0.717) is 40.8 Å². The van der Waals surface area contributed by atoms with Crippen molar-refractivity contribution in [1.29, 1.82) is 0 Å². The van der Waals surface area contributed by atoms with Gasteiger partial charge in [-0.05, 0) is 44.2 Å². The lowest BCUT2D eigenvalue weighted by molar-refractivity contribution is 0.176. The molecule has 3 aromatic heterocycles. The molecular formula is C20H21N5O3. The Labute approximate surface area is 161 Å². The first-order valence-corrected chi connectivity index (χ1v) is 9.25. The Morgan fingerprint density at radius 2 is 2.04 bits per heavy atom. The van der Waals surface area contributed by atoms with Crippen LogP contribution in [0.4, 0.5) is 0 Å². The Bertz CT molecular complexity index is 1120. The molecule has 8 nitrogen and oxygen atoms in total. The van der Waals surface area contributed by atoms with Crippen molar-refractivity contribution in [1.82, 2.24) is 25.1 Å². The topological polar surface area (TPSA) is 101 Å². The minimum atomic E-state index is -0.137. The first-order valence-electron chi connectivity index (χ1n) is 9.25. The number of H-pyrrole nitrogens is 1. The molecule has 0 unspecified atom stereocenters. The summed E-state index contributed by atoms with van der Waals surface area (Å²) in [5.41, 5.74) is 0.546. The van der Waals surface area contributed by atoms with Crippen LogP contribution in [-0.2, 0) is 6.54 Å². The predicted octanol–water partition coefficient (Wildman–Crippen LogP) is 3.54. The zero-order valence-corrected chi connectivity index (χ0v) is 15.8. The van der Waals surface area contributed by atoms with E-state index in [1.807, 2.05) is 25.1 Å². The van der Waals surface area contributed by atoms with Gasteiger partial charge < -0.3 is 13.8 Å². The van der Waals surface area contributed by atoms with Crippen molar-refractivity contribution >= 4 is 10.9 Å². The maximum Gasteiger partial charge on any atom is 0.283 e. The molecule has 0 bridgehead atoms. The van der Waals surface area contributed by atoms with E-state index in [4.69, 9.17) is 8.83 Å². The maximum atomic E-state index is 12.4. The zero-order valence-electron chi connectivity index (χ0n) is 15.8. The van der Waals surface area contributed by atoms with E-state index in [1.165, 1.54) is 0 Å². The minimum Gasteiger partial charge on any atom is -0.459 e. The number of benzene rings is 1. The Kier molecular flexibility index (Phi) is 5.03. The summed E-state index contributed by atoms with van der Waals surface area (Å²) in [7, 11) is 0. The van der Waals surface area contributed by atoms with E-state index >= 15 is 0 Å². The normalized spacial score (nSPS) is 12.7. The highest BCUT2D eigenvalue weighted by atomic mass is 16.4. The van der Waals surface area contributed by atoms with Gasteiger partial charge in [0.2, 0.25) is 5.89 Å². The molecule has 3 heterocycles. The van der Waals surface area contributed by atoms with Crippen LogP contribution in [0.3, 0.4) is 0 Å². The van der Waals surface area contributed by atoms with Gasteiger partial charge in [-0.15, -0.1) is 10.2 Å². The number of hydrogen-bond donors (Lipinski definition) is 1. The number of nitrogens with one attached hydrogen (secondary N) is 1. The number of hydrogen-bond acceptors (Lipinski definition) is 7. The summed E-state index contributed by atoms with van der Waals surface area (Å²) >= 11 is 0. The molecule has 0 amide bonds. The molecule has 0 aliphatic heterocycles. The third-order valence-corrected chi connectivity index (χ3v) is 4.62. The van der Waals surface area contributed by atoms with Crippen molar-refractivity contribution in [2.75, 3.05) is 6.54 Å². The largest absolute Gasteiger partial charge is 0.459 e. The van der Waals surface area contributed by atoms with Crippen molar-refractivity contribution in [3.8, 4) is 11.7 Å². The van der Waals surface area contributed by atoms with Crippen molar-refractivity contribution < 1.29 is 8.83 Å². The van der Waals surface area contributed by atoms with E-state index in [2.05, 4.69) is 32.0 Å². The third-order valence-electron chi connectivity index (χ3n) is 4.62. The summed E-state index contributed by atoms with van der Waals surface area (Å²) in [5, 5.41) is 8.76. The molecule has 28 heavy (non-hydrogen) atoms. The lowest BCUT2D eigenvalue weighted by Gasteiger charge is -2.26. The summed E-state index contributed by atoms with van der Waals surface area (Å²) in [4.78, 5) is 22.1. The summed E-state index contributed by atoms with van der Waals surface area (Å²) in [6.07, 6.45) is 2.49. The van der Waals surface area contributed by atoms with Crippen molar-refractivity contribution in [3.63, 3.8) is 0 Å². The van der Waals surface area contributed by atoms with Crippen molar-refractivity contribution in [2.24, 2.45) is 0 Å². The lowest BCUT2D eigenvalue weighted by Crippen LogP contribution is -2.30. The number of rotatable bonds is 7. The number of fused-ring (bicyclic) bond motifs is 1. The Hall–Kier alpha value is -3.26. The molecule has 0 saturated heterocycles. The molecule has 0 spiro atoms. The SMILES string of the molecule is CCCN(Cc1nnc(-c2ccco2)o1)[C@H](C)c1nc2ccccc2c(=O)[nH]1. The molecule has 8 heteroatoms. The van der Waals surface area contributed by atoms with E-state index < -0.39 is 0 Å². The highest BCUT2D eigenvalue weighted by Gasteiger charge is 2.21. The first-order chi connectivity index (χ1) is 13.7. The molecule has 1 N–H and O–H groups in total. The number of furan rings is 1. The molecule has 0 aliphatic carbocycles. The third kappa shape index (κ3) is 3.59. The van der Waals surface area contributed by atoms with Gasteiger partial charge in [0.05, 0.1) is 29.8 Å². The van der Waals surface area contributed by atoms with Gasteiger partial charge in [0.25, 0.3) is 11.4 Å². The molecule has 1 atom stereocenters. The zero-order chi connectivity index (χ0) is 19.5. The van der Waals surface area contributed by atoms with E-state index in [9.17, 15) is 4.79 Å². The molecular weight excluding hydrogens is 358 g/mol. The number of aromatic amines is 1. The van der Waals surface area contributed by atoms with Crippen LogP contribution in [0.15, 0.2) is 56.3 Å². The maximum absolute atomic E-state index is 12.4. The smallest absolute Gasteiger partial charge is 0.283 e. The second kappa shape index (κ2) is 7.77. The fourth-order valence-corrected chi connectivity index (χ4v) is 3.16. The van der Waals surface area contributed by atoms with Crippen LogP contribution < -0.4 is 5.56 Å². The summed E-state index contributed by atoms with van der Waals surface area (Å²) in [5.74, 6) is 1.98. The van der Waals surface area contributed by atoms with Gasteiger partial charge in [-0.3, -0.25) is 9.69 Å². The fourth-order valence-electron chi connectivity index (χ4n) is 3.16. The Morgan fingerprint density at radius 1 is 1.18 bits per heavy atom. The first kappa shape index (κ1) is 18.1. The Balaban J connectivity index is 1.60. The second-order valence-corrected chi connectivity index (χ2v) is 6.59. The molecule has 0 fully saturated rings. The molecule has 1 aromatic carbocycles. The van der Waals surface area contributed by atoms with Crippen LogP contribution in [0.2, 0.25) is 0 Å². The van der Waals surface area contributed by atoms with Gasteiger partial charge in [0.15, 0.2) is 5.76 Å². The summed E-state index contributed by atoms with van der Waals surface area (Å²) < 4.78 is 11.0. The molecule has 0 radical (unpaired) electrons. The van der Waals surface area contributed by atoms with Gasteiger partial charge in [-0.25, -0.2) is 4.98 Å². The van der Waals surface area contributed by atoms with Crippen LogP contribution in [0.25, 0.3) is 22.6 Å². The molecule has 144 valence electrons. The van der Waals surface area contributed by atoms with E-state index in [0.717, 1.165) is 13.0 Å². The lowest BCUT2D eigenvalue weighted by atomic mass is 10.2. The number of nitrogens with zero attached hydrogens (tertiary/aromatic N) is 4. The second-order valence-electron chi connectivity index (χ2n) is 6.59. The monoisotopic (exact) mass is 379 g/mol. The van der Waals surface area contributed by atoms with Gasteiger partial charge in [-0.2, -0.15) is 0 Å². The highest BCUT2D eigenvalue weighted by Crippen LogP contribution is 2.23. The molecule has 0 saturated carbocycles. The van der Waals surface area contributed by atoms with Crippen molar-refractivity contribution in [2.45, 2.75) is 32.9 Å². The summed E-state index contributed by atoms with van der Waals surface area (Å²) in [6, 6.07) is 10.7. The highest BCUT2D eigenvalue weighted by molar-refractivity contribution is 5.77. The van der Waals surface area contributed by atoms with E-state index in [1.54, 1.807) is 24.5 Å². The van der Waals surface area contributed by atoms with Crippen LogP contribution in [0.5, 0.6) is 0 Å². The van der Waals surface area contributed by atoms with Gasteiger partial charge >= 0.3 is 0 Å². The quantitative estimate of drug-likeness (QED) is 0.524. The standard InChI is InChI=1S/C20H21N5O3/c1-3-10-25(12-17-23-24-20(28-17)16-9-6-11-27-16)13(2)18-21-15-8-5-4-7-14(15)19(26)22-18/h4-9,11,13H,3,10,12H2,1-2H3,(H,21,22,26)/t13-/m1/s1. The molecule has 0 aliphatic rings. The predicted molar refractivity (Wildman–Crippen MR) is 103 cm³/mol. The van der Waals surface area contributed by atoms with Gasteiger partial charge in [0.1, 0.15) is 5.82 Å². The number of para-hydroxylation sites is 1. The van der Waals surface area contributed by atoms with Gasteiger partial charge in [-0.1, -0.05) is 19.1 Å². The molecule has 4 aromatic rings.